The van der Waals surface area contributed by atoms with Gasteiger partial charge >= 0.3 is 0 Å². The molecular weight excluding hydrogens is 299 g/mol. The Labute approximate surface area is 112 Å². The summed E-state index contributed by atoms with van der Waals surface area (Å²) >= 11 is 3.28. The van der Waals surface area contributed by atoms with Crippen LogP contribution in [0.4, 0.5) is 4.39 Å². The van der Waals surface area contributed by atoms with Crippen molar-refractivity contribution in [2.45, 2.75) is 19.3 Å². The van der Waals surface area contributed by atoms with Gasteiger partial charge in [0.25, 0.3) is 0 Å². The summed E-state index contributed by atoms with van der Waals surface area (Å²) in [5.41, 5.74) is 2.12. The van der Waals surface area contributed by atoms with Crippen molar-refractivity contribution in [2.24, 2.45) is 0 Å². The highest BCUT2D eigenvalue weighted by molar-refractivity contribution is 9.10. The molecule has 0 unspecified atom stereocenters. The van der Waals surface area contributed by atoms with Gasteiger partial charge in [-0.3, -0.25) is 0 Å². The van der Waals surface area contributed by atoms with Gasteiger partial charge in [-0.05, 0) is 53.4 Å². The molecule has 0 atom stereocenters. The minimum absolute atomic E-state index is 0.304. The zero-order chi connectivity index (χ0) is 12.5. The van der Waals surface area contributed by atoms with Crippen LogP contribution in [0.25, 0.3) is 0 Å². The lowest BCUT2D eigenvalue weighted by Crippen LogP contribution is -1.97. The topological polar surface area (TPSA) is 35.0 Å². The summed E-state index contributed by atoms with van der Waals surface area (Å²) in [4.78, 5) is 8.40. The maximum Gasteiger partial charge on any atom is 0.225 e. The molecule has 1 aromatic carbocycles. The summed E-state index contributed by atoms with van der Waals surface area (Å²) in [5.74, 6) is 0.830. The molecular formula is C13H10BrFN2O. The summed E-state index contributed by atoms with van der Waals surface area (Å²) in [6.07, 6.45) is 4.50. The van der Waals surface area contributed by atoms with Gasteiger partial charge in [-0.15, -0.1) is 0 Å². The van der Waals surface area contributed by atoms with E-state index < -0.39 is 0 Å². The molecule has 18 heavy (non-hydrogen) atoms. The molecule has 1 aromatic heterocycles. The normalized spacial score (nSPS) is 13.4. The van der Waals surface area contributed by atoms with Crippen LogP contribution in [-0.2, 0) is 12.8 Å². The highest BCUT2D eigenvalue weighted by Crippen LogP contribution is 2.33. The van der Waals surface area contributed by atoms with Crippen LogP contribution in [0.5, 0.6) is 11.6 Å². The number of fused-ring (bicyclic) bond motifs is 1. The molecule has 0 saturated carbocycles. The lowest BCUT2D eigenvalue weighted by molar-refractivity contribution is 0.451. The van der Waals surface area contributed by atoms with E-state index in [2.05, 4.69) is 25.9 Å². The highest BCUT2D eigenvalue weighted by Gasteiger charge is 2.19. The monoisotopic (exact) mass is 308 g/mol. The van der Waals surface area contributed by atoms with E-state index in [9.17, 15) is 4.39 Å². The third-order valence-corrected chi connectivity index (χ3v) is 3.56. The highest BCUT2D eigenvalue weighted by atomic mass is 79.9. The zero-order valence-corrected chi connectivity index (χ0v) is 11.1. The van der Waals surface area contributed by atoms with Crippen molar-refractivity contribution < 1.29 is 9.13 Å². The number of aromatic nitrogens is 2. The standard InChI is InChI=1S/C13H10BrFN2O/c14-10-6-8(15)4-5-12(10)18-13-9-2-1-3-11(9)16-7-17-13/h4-7H,1-3H2. The first-order chi connectivity index (χ1) is 8.74. The SMILES string of the molecule is Fc1ccc(Oc2ncnc3c2CCC3)c(Br)c1. The van der Waals surface area contributed by atoms with Crippen LogP contribution >= 0.6 is 15.9 Å². The molecule has 0 bridgehead atoms. The van der Waals surface area contributed by atoms with Gasteiger partial charge in [0.2, 0.25) is 5.88 Å². The van der Waals surface area contributed by atoms with Gasteiger partial charge in [-0.1, -0.05) is 0 Å². The van der Waals surface area contributed by atoms with E-state index >= 15 is 0 Å². The van der Waals surface area contributed by atoms with Crippen molar-refractivity contribution >= 4 is 15.9 Å². The Kier molecular flexibility index (Phi) is 2.99. The maximum atomic E-state index is 13.0. The Bertz CT molecular complexity index is 604. The Balaban J connectivity index is 1.95. The molecule has 3 nitrogen and oxygen atoms in total. The molecule has 0 N–H and O–H groups in total. The summed E-state index contributed by atoms with van der Waals surface area (Å²) in [6, 6.07) is 4.32. The fourth-order valence-electron chi connectivity index (χ4n) is 2.08. The van der Waals surface area contributed by atoms with E-state index in [4.69, 9.17) is 4.74 Å². The largest absolute Gasteiger partial charge is 0.437 e. The van der Waals surface area contributed by atoms with Gasteiger partial charge in [0.1, 0.15) is 17.9 Å². The van der Waals surface area contributed by atoms with Gasteiger partial charge in [-0.2, -0.15) is 0 Å². The number of ether oxygens (including phenoxy) is 1. The van der Waals surface area contributed by atoms with Gasteiger partial charge in [0, 0.05) is 5.56 Å². The summed E-state index contributed by atoms with van der Waals surface area (Å²) in [7, 11) is 0. The predicted molar refractivity (Wildman–Crippen MR) is 68.2 cm³/mol. The van der Waals surface area contributed by atoms with Crippen molar-refractivity contribution in [1.82, 2.24) is 9.97 Å². The third-order valence-electron chi connectivity index (χ3n) is 2.94. The minimum atomic E-state index is -0.304. The van der Waals surface area contributed by atoms with Crippen LogP contribution in [0.1, 0.15) is 17.7 Å². The van der Waals surface area contributed by atoms with Gasteiger partial charge in [0.05, 0.1) is 10.2 Å². The van der Waals surface area contributed by atoms with Crippen LogP contribution in [0.15, 0.2) is 29.0 Å². The molecule has 1 aliphatic rings. The Morgan fingerprint density at radius 1 is 1.22 bits per heavy atom. The fourth-order valence-corrected chi connectivity index (χ4v) is 2.51. The van der Waals surface area contributed by atoms with Gasteiger partial charge < -0.3 is 4.74 Å². The van der Waals surface area contributed by atoms with Crippen LogP contribution in [0, 0.1) is 5.82 Å². The van der Waals surface area contributed by atoms with E-state index in [1.165, 1.54) is 18.5 Å². The zero-order valence-electron chi connectivity index (χ0n) is 9.49. The van der Waals surface area contributed by atoms with Crippen molar-refractivity contribution in [2.75, 3.05) is 0 Å². The molecule has 0 fully saturated rings. The number of hydrogen-bond acceptors (Lipinski definition) is 3. The van der Waals surface area contributed by atoms with E-state index in [0.717, 1.165) is 30.5 Å². The fraction of sp³-hybridized carbons (Fsp3) is 0.231. The average molecular weight is 309 g/mol. The second kappa shape index (κ2) is 4.65. The predicted octanol–water partition coefficient (Wildman–Crippen LogP) is 3.66. The van der Waals surface area contributed by atoms with E-state index in [0.29, 0.717) is 16.1 Å². The molecule has 3 rings (SSSR count). The maximum absolute atomic E-state index is 13.0. The van der Waals surface area contributed by atoms with Crippen LogP contribution in [0.2, 0.25) is 0 Å². The number of hydrogen-bond donors (Lipinski definition) is 0. The van der Waals surface area contributed by atoms with E-state index in [1.807, 2.05) is 0 Å². The first-order valence-corrected chi connectivity index (χ1v) is 6.49. The molecule has 5 heteroatoms. The summed E-state index contributed by atoms with van der Waals surface area (Å²) < 4.78 is 19.3. The second-order valence-electron chi connectivity index (χ2n) is 4.13. The quantitative estimate of drug-likeness (QED) is 0.849. The first-order valence-electron chi connectivity index (χ1n) is 5.69. The first kappa shape index (κ1) is 11.6. The molecule has 2 aromatic rings. The third kappa shape index (κ3) is 2.10. The second-order valence-corrected chi connectivity index (χ2v) is 4.99. The lowest BCUT2D eigenvalue weighted by Gasteiger charge is -2.09. The average Bonchev–Trinajstić information content (AvgIpc) is 2.82. The Hall–Kier alpha value is -1.49. The van der Waals surface area contributed by atoms with Gasteiger partial charge in [-0.25, -0.2) is 14.4 Å². The molecule has 0 spiro atoms. The number of benzene rings is 1. The molecule has 1 heterocycles. The number of rotatable bonds is 2. The molecule has 0 amide bonds. The van der Waals surface area contributed by atoms with E-state index in [1.54, 1.807) is 6.07 Å². The smallest absolute Gasteiger partial charge is 0.225 e. The summed E-state index contributed by atoms with van der Waals surface area (Å²) in [5, 5.41) is 0. The lowest BCUT2D eigenvalue weighted by atomic mass is 10.2. The molecule has 0 aliphatic heterocycles. The van der Waals surface area contributed by atoms with Crippen LogP contribution < -0.4 is 4.74 Å². The van der Waals surface area contributed by atoms with Crippen LogP contribution in [0.3, 0.4) is 0 Å². The van der Waals surface area contributed by atoms with Crippen LogP contribution in [-0.4, -0.2) is 9.97 Å². The van der Waals surface area contributed by atoms with Crippen molar-refractivity contribution in [3.05, 3.63) is 46.1 Å². The molecule has 92 valence electrons. The number of aryl methyl sites for hydroxylation is 1. The number of halogens is 2. The molecule has 0 radical (unpaired) electrons. The summed E-state index contributed by atoms with van der Waals surface area (Å²) in [6.45, 7) is 0. The molecule has 0 saturated heterocycles. The Morgan fingerprint density at radius 3 is 2.94 bits per heavy atom. The Morgan fingerprint density at radius 2 is 2.11 bits per heavy atom. The molecule has 1 aliphatic carbocycles. The van der Waals surface area contributed by atoms with Gasteiger partial charge in [0.15, 0.2) is 0 Å². The number of nitrogens with zero attached hydrogens (tertiary/aromatic N) is 2. The minimum Gasteiger partial charge on any atom is -0.437 e. The van der Waals surface area contributed by atoms with E-state index in [-0.39, 0.29) is 5.82 Å². The van der Waals surface area contributed by atoms with Crippen molar-refractivity contribution in [3.63, 3.8) is 0 Å². The van der Waals surface area contributed by atoms with Crippen molar-refractivity contribution in [1.29, 1.82) is 0 Å². The van der Waals surface area contributed by atoms with Crippen molar-refractivity contribution in [3.8, 4) is 11.6 Å².